The summed E-state index contributed by atoms with van der Waals surface area (Å²) in [6.07, 6.45) is 2.68. The minimum absolute atomic E-state index is 0.380. The molecule has 0 bridgehead atoms. The molecule has 0 saturated heterocycles. The number of hydrogen-bond donors (Lipinski definition) is 0. The summed E-state index contributed by atoms with van der Waals surface area (Å²) >= 11 is 0. The molecule has 15 heavy (non-hydrogen) atoms. The van der Waals surface area contributed by atoms with Crippen molar-refractivity contribution in [1.82, 2.24) is 4.98 Å². The van der Waals surface area contributed by atoms with Gasteiger partial charge < -0.3 is 9.47 Å². The van der Waals surface area contributed by atoms with E-state index in [1.807, 2.05) is 12.1 Å². The van der Waals surface area contributed by atoms with Crippen LogP contribution in [0, 0.1) is 0 Å². The van der Waals surface area contributed by atoms with Gasteiger partial charge in [0.2, 0.25) is 0 Å². The molecule has 1 heterocycles. The van der Waals surface area contributed by atoms with E-state index >= 15 is 0 Å². The molecule has 1 saturated carbocycles. The van der Waals surface area contributed by atoms with Crippen LogP contribution in [0.4, 0.5) is 0 Å². The quantitative estimate of drug-likeness (QED) is 0.760. The van der Waals surface area contributed by atoms with Crippen molar-refractivity contribution in [1.29, 1.82) is 0 Å². The van der Waals surface area contributed by atoms with Crippen molar-refractivity contribution in [2.45, 2.75) is 38.7 Å². The van der Waals surface area contributed by atoms with E-state index in [1.54, 1.807) is 7.11 Å². The predicted molar refractivity (Wildman–Crippen MR) is 58.5 cm³/mol. The van der Waals surface area contributed by atoms with Gasteiger partial charge in [0.25, 0.3) is 5.88 Å². The number of nitrogens with zero attached hydrogens (tertiary/aromatic N) is 1. The van der Waals surface area contributed by atoms with Crippen LogP contribution >= 0.6 is 0 Å². The molecule has 0 aliphatic heterocycles. The Balaban J connectivity index is 2.21. The first-order valence-corrected chi connectivity index (χ1v) is 5.42. The molecule has 0 spiro atoms. The van der Waals surface area contributed by atoms with Crippen LogP contribution in [0.25, 0.3) is 0 Å². The Bertz CT molecular complexity index is 345. The van der Waals surface area contributed by atoms with Gasteiger partial charge in [0, 0.05) is 5.69 Å². The maximum absolute atomic E-state index is 5.69. The third kappa shape index (κ3) is 2.41. The van der Waals surface area contributed by atoms with E-state index in [1.165, 1.54) is 0 Å². The van der Waals surface area contributed by atoms with E-state index in [0.29, 0.717) is 17.9 Å². The fourth-order valence-corrected chi connectivity index (χ4v) is 1.36. The van der Waals surface area contributed by atoms with Crippen LogP contribution < -0.4 is 9.47 Å². The molecule has 1 aliphatic rings. The molecule has 3 nitrogen and oxygen atoms in total. The van der Waals surface area contributed by atoms with Gasteiger partial charge in [-0.05, 0) is 30.9 Å². The summed E-state index contributed by atoms with van der Waals surface area (Å²) in [5, 5.41) is 0. The normalized spacial score (nSPS) is 15.5. The van der Waals surface area contributed by atoms with Gasteiger partial charge in [-0.2, -0.15) is 0 Å². The summed E-state index contributed by atoms with van der Waals surface area (Å²) in [5.41, 5.74) is 1.04. The van der Waals surface area contributed by atoms with Gasteiger partial charge in [-0.25, -0.2) is 4.98 Å². The number of rotatable bonds is 4. The van der Waals surface area contributed by atoms with Gasteiger partial charge in [-0.15, -0.1) is 0 Å². The van der Waals surface area contributed by atoms with E-state index in [2.05, 4.69) is 18.8 Å². The smallest absolute Gasteiger partial charge is 0.256 e. The molecule has 0 N–H and O–H groups in total. The molecule has 1 aromatic heterocycles. The Hall–Kier alpha value is -1.25. The standard InChI is InChI=1S/C12H17NO2/c1-8(2)10-6-7-11(12(13-10)14-3)15-9-4-5-9/h6-9H,4-5H2,1-3H3. The Kier molecular flexibility index (Phi) is 2.80. The summed E-state index contributed by atoms with van der Waals surface area (Å²) in [5.74, 6) is 1.78. The lowest BCUT2D eigenvalue weighted by molar-refractivity contribution is 0.276. The zero-order chi connectivity index (χ0) is 10.8. The van der Waals surface area contributed by atoms with Gasteiger partial charge in [0.05, 0.1) is 13.2 Å². The molecular weight excluding hydrogens is 190 g/mol. The third-order valence-corrected chi connectivity index (χ3v) is 2.45. The van der Waals surface area contributed by atoms with Crippen LogP contribution in [-0.2, 0) is 0 Å². The second-order valence-electron chi connectivity index (χ2n) is 4.22. The average molecular weight is 207 g/mol. The second kappa shape index (κ2) is 4.09. The van der Waals surface area contributed by atoms with Crippen molar-refractivity contribution in [2.24, 2.45) is 0 Å². The van der Waals surface area contributed by atoms with Crippen molar-refractivity contribution >= 4 is 0 Å². The van der Waals surface area contributed by atoms with Gasteiger partial charge in [0.15, 0.2) is 5.75 Å². The number of methoxy groups -OCH3 is 1. The summed E-state index contributed by atoms with van der Waals surface area (Å²) in [6, 6.07) is 3.96. The van der Waals surface area contributed by atoms with Crippen molar-refractivity contribution in [3.63, 3.8) is 0 Å². The van der Waals surface area contributed by atoms with Gasteiger partial charge in [-0.3, -0.25) is 0 Å². The maximum atomic E-state index is 5.69. The van der Waals surface area contributed by atoms with Crippen molar-refractivity contribution in [3.05, 3.63) is 17.8 Å². The molecular formula is C12H17NO2. The molecule has 82 valence electrons. The monoisotopic (exact) mass is 207 g/mol. The average Bonchev–Trinajstić information content (AvgIpc) is 3.02. The SMILES string of the molecule is COc1nc(C(C)C)ccc1OC1CC1. The highest BCUT2D eigenvalue weighted by Gasteiger charge is 2.25. The lowest BCUT2D eigenvalue weighted by Gasteiger charge is -2.11. The topological polar surface area (TPSA) is 31.4 Å². The number of pyridine rings is 1. The lowest BCUT2D eigenvalue weighted by atomic mass is 10.1. The molecule has 1 aliphatic carbocycles. The summed E-state index contributed by atoms with van der Waals surface area (Å²) in [6.45, 7) is 4.23. The van der Waals surface area contributed by atoms with Crippen LogP contribution in [0.5, 0.6) is 11.6 Å². The minimum atomic E-state index is 0.380. The Morgan fingerprint density at radius 1 is 1.33 bits per heavy atom. The molecule has 3 heteroatoms. The first kappa shape index (κ1) is 10.3. The highest BCUT2D eigenvalue weighted by Crippen LogP contribution is 2.33. The lowest BCUT2D eigenvalue weighted by Crippen LogP contribution is -2.02. The zero-order valence-corrected chi connectivity index (χ0v) is 9.49. The molecule has 0 radical (unpaired) electrons. The Morgan fingerprint density at radius 3 is 2.60 bits per heavy atom. The van der Waals surface area contributed by atoms with Crippen LogP contribution in [-0.4, -0.2) is 18.2 Å². The molecule has 0 aromatic carbocycles. The molecule has 0 atom stereocenters. The molecule has 0 amide bonds. The van der Waals surface area contributed by atoms with Gasteiger partial charge in [-0.1, -0.05) is 13.8 Å². The first-order chi connectivity index (χ1) is 7.20. The van der Waals surface area contributed by atoms with Crippen LogP contribution in [0.3, 0.4) is 0 Å². The highest BCUT2D eigenvalue weighted by molar-refractivity contribution is 5.36. The molecule has 2 rings (SSSR count). The Morgan fingerprint density at radius 2 is 2.07 bits per heavy atom. The number of aromatic nitrogens is 1. The van der Waals surface area contributed by atoms with Gasteiger partial charge >= 0.3 is 0 Å². The number of hydrogen-bond acceptors (Lipinski definition) is 3. The largest absolute Gasteiger partial charge is 0.485 e. The predicted octanol–water partition coefficient (Wildman–Crippen LogP) is 2.75. The van der Waals surface area contributed by atoms with Crippen molar-refractivity contribution in [3.8, 4) is 11.6 Å². The van der Waals surface area contributed by atoms with E-state index in [9.17, 15) is 0 Å². The summed E-state index contributed by atoms with van der Waals surface area (Å²) < 4.78 is 10.9. The summed E-state index contributed by atoms with van der Waals surface area (Å²) in [7, 11) is 1.63. The fraction of sp³-hybridized carbons (Fsp3) is 0.583. The first-order valence-electron chi connectivity index (χ1n) is 5.42. The maximum Gasteiger partial charge on any atom is 0.256 e. The minimum Gasteiger partial charge on any atom is -0.485 e. The fourth-order valence-electron chi connectivity index (χ4n) is 1.36. The van der Waals surface area contributed by atoms with Crippen molar-refractivity contribution in [2.75, 3.05) is 7.11 Å². The molecule has 1 aromatic rings. The zero-order valence-electron chi connectivity index (χ0n) is 9.49. The van der Waals surface area contributed by atoms with E-state index in [4.69, 9.17) is 9.47 Å². The van der Waals surface area contributed by atoms with E-state index < -0.39 is 0 Å². The van der Waals surface area contributed by atoms with Crippen LogP contribution in [0.2, 0.25) is 0 Å². The molecule has 1 fully saturated rings. The van der Waals surface area contributed by atoms with Crippen LogP contribution in [0.1, 0.15) is 38.3 Å². The van der Waals surface area contributed by atoms with E-state index in [-0.39, 0.29) is 0 Å². The van der Waals surface area contributed by atoms with Crippen molar-refractivity contribution < 1.29 is 9.47 Å². The van der Waals surface area contributed by atoms with Gasteiger partial charge in [0.1, 0.15) is 0 Å². The number of ether oxygens (including phenoxy) is 2. The highest BCUT2D eigenvalue weighted by atomic mass is 16.5. The van der Waals surface area contributed by atoms with E-state index in [0.717, 1.165) is 24.3 Å². The second-order valence-corrected chi connectivity index (χ2v) is 4.22. The van der Waals surface area contributed by atoms with Crippen LogP contribution in [0.15, 0.2) is 12.1 Å². The Labute approximate surface area is 90.4 Å². The third-order valence-electron chi connectivity index (χ3n) is 2.45. The molecule has 0 unspecified atom stereocenters. The summed E-state index contributed by atoms with van der Waals surface area (Å²) in [4.78, 5) is 4.42.